The van der Waals surface area contributed by atoms with Crippen LogP contribution in [0.25, 0.3) is 11.6 Å². The van der Waals surface area contributed by atoms with Crippen LogP contribution in [0.4, 0.5) is 13.2 Å². The smallest absolute Gasteiger partial charge is 0.205 e. The third-order valence-corrected chi connectivity index (χ3v) is 2.60. The summed E-state index contributed by atoms with van der Waals surface area (Å²) in [5, 5.41) is 0. The summed E-state index contributed by atoms with van der Waals surface area (Å²) >= 11 is 1.42. The SMILES string of the molecule is C=C(C)c1c(/C=C/C)c(F)c(F)c(F)c1OI. The summed E-state index contributed by atoms with van der Waals surface area (Å²) in [7, 11) is 0. The minimum Gasteiger partial charge on any atom is -0.424 e. The lowest BCUT2D eigenvalue weighted by Gasteiger charge is -2.13. The number of hydrogen-bond donors (Lipinski definition) is 0. The van der Waals surface area contributed by atoms with E-state index in [1.54, 1.807) is 13.8 Å². The molecule has 0 radical (unpaired) electrons. The zero-order chi connectivity index (χ0) is 13.2. The lowest BCUT2D eigenvalue weighted by atomic mass is 9.99. The second-order valence-corrected chi connectivity index (χ2v) is 3.86. The number of hydrogen-bond acceptors (Lipinski definition) is 1. The van der Waals surface area contributed by atoms with E-state index in [1.807, 2.05) is 0 Å². The van der Waals surface area contributed by atoms with E-state index in [-0.39, 0.29) is 16.9 Å². The minimum absolute atomic E-state index is 0.0643. The quantitative estimate of drug-likeness (QED) is 0.554. The lowest BCUT2D eigenvalue weighted by Crippen LogP contribution is -2.02. The Labute approximate surface area is 112 Å². The zero-order valence-electron chi connectivity index (χ0n) is 9.28. The summed E-state index contributed by atoms with van der Waals surface area (Å²) in [6, 6.07) is 0. The highest BCUT2D eigenvalue weighted by atomic mass is 127. The van der Waals surface area contributed by atoms with Gasteiger partial charge in [0, 0.05) is 11.1 Å². The van der Waals surface area contributed by atoms with E-state index in [0.29, 0.717) is 5.57 Å². The molecule has 0 aliphatic heterocycles. The van der Waals surface area contributed by atoms with Crippen LogP contribution in [0.5, 0.6) is 5.75 Å². The van der Waals surface area contributed by atoms with Crippen LogP contribution in [-0.2, 0) is 0 Å². The fourth-order valence-electron chi connectivity index (χ4n) is 1.48. The second-order valence-electron chi connectivity index (χ2n) is 3.42. The van der Waals surface area contributed by atoms with Crippen LogP contribution in [-0.4, -0.2) is 0 Å². The number of benzene rings is 1. The van der Waals surface area contributed by atoms with E-state index in [9.17, 15) is 13.2 Å². The van der Waals surface area contributed by atoms with E-state index < -0.39 is 17.5 Å². The molecular weight excluding hydrogens is 344 g/mol. The summed E-state index contributed by atoms with van der Waals surface area (Å²) < 4.78 is 45.2. The average molecular weight is 354 g/mol. The van der Waals surface area contributed by atoms with Crippen molar-refractivity contribution in [3.05, 3.63) is 41.2 Å². The summed E-state index contributed by atoms with van der Waals surface area (Å²) in [4.78, 5) is 0. The third kappa shape index (κ3) is 2.48. The number of allylic oxidation sites excluding steroid dienone is 2. The van der Waals surface area contributed by atoms with Crippen molar-refractivity contribution in [2.75, 3.05) is 0 Å². The molecule has 0 spiro atoms. The predicted molar refractivity (Wildman–Crippen MR) is 70.4 cm³/mol. The van der Waals surface area contributed by atoms with Crippen LogP contribution >= 0.6 is 23.0 Å². The van der Waals surface area contributed by atoms with Gasteiger partial charge in [-0.05, 0) is 19.4 Å². The topological polar surface area (TPSA) is 9.23 Å². The molecule has 0 atom stereocenters. The first-order chi connectivity index (χ1) is 7.95. The van der Waals surface area contributed by atoms with E-state index in [2.05, 4.69) is 6.58 Å². The molecule has 1 rings (SSSR count). The van der Waals surface area contributed by atoms with Gasteiger partial charge in [-0.25, -0.2) is 8.78 Å². The van der Waals surface area contributed by atoms with E-state index in [4.69, 9.17) is 3.07 Å². The molecule has 1 nitrogen and oxygen atoms in total. The fourth-order valence-corrected chi connectivity index (χ4v) is 1.89. The lowest BCUT2D eigenvalue weighted by molar-refractivity contribution is 0.430. The van der Waals surface area contributed by atoms with Crippen molar-refractivity contribution < 1.29 is 16.2 Å². The Morgan fingerprint density at radius 3 is 2.24 bits per heavy atom. The molecule has 0 fully saturated rings. The van der Waals surface area contributed by atoms with Crippen molar-refractivity contribution in [2.24, 2.45) is 0 Å². The van der Waals surface area contributed by atoms with Crippen LogP contribution in [0.2, 0.25) is 0 Å². The van der Waals surface area contributed by atoms with Gasteiger partial charge in [-0.1, -0.05) is 18.7 Å². The maximum absolute atomic E-state index is 13.6. The highest BCUT2D eigenvalue weighted by Gasteiger charge is 2.25. The van der Waals surface area contributed by atoms with Crippen molar-refractivity contribution in [1.82, 2.24) is 0 Å². The monoisotopic (exact) mass is 354 g/mol. The van der Waals surface area contributed by atoms with Gasteiger partial charge >= 0.3 is 0 Å². The van der Waals surface area contributed by atoms with Gasteiger partial charge in [-0.15, -0.1) is 0 Å². The van der Waals surface area contributed by atoms with Crippen molar-refractivity contribution in [1.29, 1.82) is 0 Å². The molecule has 5 heteroatoms. The molecule has 0 amide bonds. The zero-order valence-corrected chi connectivity index (χ0v) is 11.4. The van der Waals surface area contributed by atoms with E-state index in [1.165, 1.54) is 35.2 Å². The van der Waals surface area contributed by atoms with Gasteiger partial charge < -0.3 is 3.07 Å². The summed E-state index contributed by atoms with van der Waals surface area (Å²) in [5.74, 6) is -4.47. The van der Waals surface area contributed by atoms with Gasteiger partial charge in [0.05, 0.1) is 0 Å². The molecular formula is C12H10F3IO. The van der Waals surface area contributed by atoms with E-state index >= 15 is 0 Å². The van der Waals surface area contributed by atoms with Gasteiger partial charge in [0.15, 0.2) is 40.4 Å². The predicted octanol–water partition coefficient (Wildman–Crippen LogP) is 4.90. The first-order valence-corrected chi connectivity index (χ1v) is 5.61. The molecule has 1 aromatic carbocycles. The molecule has 0 heterocycles. The van der Waals surface area contributed by atoms with Crippen LogP contribution in [0.1, 0.15) is 25.0 Å². The standard InChI is InChI=1S/C12H10F3IO/c1-4-5-7-8(6(2)3)12(17-16)11(15)10(14)9(7)13/h4-5H,2H2,1,3H3/b5-4+. The van der Waals surface area contributed by atoms with Crippen molar-refractivity contribution >= 4 is 34.7 Å². The molecule has 1 aromatic rings. The average Bonchev–Trinajstić information content (AvgIpc) is 2.29. The second kappa shape index (κ2) is 5.57. The molecule has 0 saturated heterocycles. The maximum Gasteiger partial charge on any atom is 0.205 e. The van der Waals surface area contributed by atoms with Gasteiger partial charge in [0.2, 0.25) is 5.82 Å². The summed E-state index contributed by atoms with van der Waals surface area (Å²) in [5.41, 5.74) is 0.460. The molecule has 0 aliphatic rings. The normalized spacial score (nSPS) is 10.9. The van der Waals surface area contributed by atoms with Gasteiger partial charge in [-0.3, -0.25) is 0 Å². The first-order valence-electron chi connectivity index (χ1n) is 4.73. The minimum atomic E-state index is -1.55. The Kier molecular flexibility index (Phi) is 4.62. The summed E-state index contributed by atoms with van der Waals surface area (Å²) in [6.45, 7) is 6.83. The van der Waals surface area contributed by atoms with Crippen LogP contribution in [0, 0.1) is 17.5 Å². The first kappa shape index (κ1) is 14.1. The Hall–Kier alpha value is -0.980. The molecule has 0 unspecified atom stereocenters. The van der Waals surface area contributed by atoms with Crippen LogP contribution in [0.3, 0.4) is 0 Å². The Balaban J connectivity index is 3.79. The molecule has 0 aliphatic carbocycles. The van der Waals surface area contributed by atoms with Gasteiger partial charge in [-0.2, -0.15) is 4.39 Å². The highest BCUT2D eigenvalue weighted by molar-refractivity contribution is 14.1. The summed E-state index contributed by atoms with van der Waals surface area (Å²) in [6.07, 6.45) is 2.88. The van der Waals surface area contributed by atoms with Crippen molar-refractivity contribution in [2.45, 2.75) is 13.8 Å². The molecule has 0 saturated carbocycles. The molecule has 0 aromatic heterocycles. The van der Waals surface area contributed by atoms with Crippen molar-refractivity contribution in [3.63, 3.8) is 0 Å². The molecule has 17 heavy (non-hydrogen) atoms. The molecule has 0 bridgehead atoms. The largest absolute Gasteiger partial charge is 0.424 e. The van der Waals surface area contributed by atoms with E-state index in [0.717, 1.165) is 0 Å². The van der Waals surface area contributed by atoms with Gasteiger partial charge in [0.1, 0.15) is 0 Å². The Morgan fingerprint density at radius 1 is 1.24 bits per heavy atom. The highest BCUT2D eigenvalue weighted by Crippen LogP contribution is 2.37. The Bertz CT molecular complexity index is 495. The maximum atomic E-state index is 13.6. The number of rotatable bonds is 3. The van der Waals surface area contributed by atoms with Crippen molar-refractivity contribution in [3.8, 4) is 5.75 Å². The van der Waals surface area contributed by atoms with Gasteiger partial charge in [0.25, 0.3) is 0 Å². The van der Waals surface area contributed by atoms with Crippen LogP contribution in [0.15, 0.2) is 12.7 Å². The molecule has 92 valence electrons. The number of halogens is 4. The Morgan fingerprint density at radius 2 is 1.82 bits per heavy atom. The molecule has 0 N–H and O–H groups in total. The fraction of sp³-hybridized carbons (Fsp3) is 0.167. The third-order valence-electron chi connectivity index (χ3n) is 2.15. The van der Waals surface area contributed by atoms with Crippen LogP contribution < -0.4 is 3.07 Å².